The van der Waals surface area contributed by atoms with Crippen molar-refractivity contribution in [2.45, 2.75) is 25.0 Å². The number of rotatable bonds is 7. The third-order valence-corrected chi connectivity index (χ3v) is 4.59. The van der Waals surface area contributed by atoms with Crippen molar-refractivity contribution < 1.29 is 22.7 Å². The van der Waals surface area contributed by atoms with Gasteiger partial charge in [0.15, 0.2) is 6.61 Å². The highest BCUT2D eigenvalue weighted by Crippen LogP contribution is 2.30. The molecular weight excluding hydrogens is 282 g/mol. The molecule has 1 saturated carbocycles. The number of benzene rings is 1. The molecule has 0 aromatic heterocycles. The minimum atomic E-state index is -3.29. The smallest absolute Gasteiger partial charge is 0.344 e. The molecule has 110 valence electrons. The summed E-state index contributed by atoms with van der Waals surface area (Å²) in [6, 6.07) is 6.48. The van der Waals surface area contributed by atoms with Gasteiger partial charge in [0.2, 0.25) is 10.0 Å². The molecule has 2 rings (SSSR count). The molecule has 0 heterocycles. The third kappa shape index (κ3) is 4.12. The zero-order chi connectivity index (χ0) is 14.6. The molecule has 0 atom stereocenters. The number of anilines is 1. The van der Waals surface area contributed by atoms with Crippen molar-refractivity contribution in [2.75, 3.05) is 17.9 Å². The second kappa shape index (κ2) is 6.13. The van der Waals surface area contributed by atoms with Crippen molar-refractivity contribution in [2.24, 2.45) is 0 Å². The highest BCUT2D eigenvalue weighted by atomic mass is 32.2. The topological polar surface area (TPSA) is 81.7 Å². The molecule has 0 unspecified atom stereocenters. The first-order chi connectivity index (χ1) is 9.51. The lowest BCUT2D eigenvalue weighted by Crippen LogP contribution is -2.17. The predicted molar refractivity (Wildman–Crippen MR) is 74.1 cm³/mol. The fraction of sp³-hybridized carbons (Fsp3) is 0.462. The molecule has 1 aliphatic carbocycles. The summed E-state index contributed by atoms with van der Waals surface area (Å²) < 4.78 is 36.1. The lowest BCUT2D eigenvalue weighted by Gasteiger charge is -2.09. The van der Waals surface area contributed by atoms with E-state index in [9.17, 15) is 13.2 Å². The van der Waals surface area contributed by atoms with Crippen LogP contribution in [0.25, 0.3) is 0 Å². The summed E-state index contributed by atoms with van der Waals surface area (Å²) in [6.07, 6.45) is 1.41. The van der Waals surface area contributed by atoms with Gasteiger partial charge in [0, 0.05) is 6.07 Å². The minimum absolute atomic E-state index is 0.202. The molecule has 1 fully saturated rings. The summed E-state index contributed by atoms with van der Waals surface area (Å²) in [6.45, 7) is 1.81. The lowest BCUT2D eigenvalue weighted by molar-refractivity contribution is -0.145. The number of carbonyl (C=O) groups is 1. The van der Waals surface area contributed by atoms with Gasteiger partial charge in [0.1, 0.15) is 5.75 Å². The second-order valence-corrected chi connectivity index (χ2v) is 6.43. The number of hydrogen-bond acceptors (Lipinski definition) is 5. The van der Waals surface area contributed by atoms with Crippen LogP contribution in [0.15, 0.2) is 24.3 Å². The van der Waals surface area contributed by atoms with Gasteiger partial charge in [-0.3, -0.25) is 4.72 Å². The molecule has 1 aromatic carbocycles. The normalized spacial score (nSPS) is 14.7. The maximum atomic E-state index is 11.8. The molecule has 0 bridgehead atoms. The van der Waals surface area contributed by atoms with Crippen LogP contribution in [-0.2, 0) is 19.6 Å². The van der Waals surface area contributed by atoms with Gasteiger partial charge >= 0.3 is 5.97 Å². The second-order valence-electron chi connectivity index (χ2n) is 4.47. The quantitative estimate of drug-likeness (QED) is 0.772. The molecule has 1 aliphatic rings. The molecule has 1 N–H and O–H groups in total. The number of sulfonamides is 1. The first kappa shape index (κ1) is 14.6. The van der Waals surface area contributed by atoms with Gasteiger partial charge in [-0.15, -0.1) is 0 Å². The van der Waals surface area contributed by atoms with Gasteiger partial charge in [-0.2, -0.15) is 0 Å². The fourth-order valence-electron chi connectivity index (χ4n) is 1.62. The Morgan fingerprint density at radius 3 is 2.80 bits per heavy atom. The minimum Gasteiger partial charge on any atom is -0.482 e. The Bertz CT molecular complexity index is 580. The fourth-order valence-corrected chi connectivity index (χ4v) is 3.00. The van der Waals surface area contributed by atoms with Crippen LogP contribution in [-0.4, -0.2) is 32.9 Å². The standard InChI is InChI=1S/C13H17NO5S/c1-2-18-13(15)9-19-11-5-3-4-10(8-11)14-20(16,17)12-6-7-12/h3-5,8,12,14H,2,6-7,9H2,1H3. The Balaban J connectivity index is 1.95. The monoisotopic (exact) mass is 299 g/mol. The van der Waals surface area contributed by atoms with E-state index in [0.717, 1.165) is 0 Å². The zero-order valence-electron chi connectivity index (χ0n) is 11.2. The van der Waals surface area contributed by atoms with Crippen LogP contribution in [0.4, 0.5) is 5.69 Å². The lowest BCUT2D eigenvalue weighted by atomic mass is 10.3. The van der Waals surface area contributed by atoms with Gasteiger partial charge in [-0.25, -0.2) is 13.2 Å². The maximum absolute atomic E-state index is 11.8. The summed E-state index contributed by atoms with van der Waals surface area (Å²) in [5.41, 5.74) is 0.429. The van der Waals surface area contributed by atoms with Crippen LogP contribution in [0.2, 0.25) is 0 Å². The van der Waals surface area contributed by atoms with E-state index in [1.807, 2.05) is 0 Å². The van der Waals surface area contributed by atoms with Crippen LogP contribution >= 0.6 is 0 Å². The van der Waals surface area contributed by atoms with E-state index in [1.54, 1.807) is 31.2 Å². The highest BCUT2D eigenvalue weighted by Gasteiger charge is 2.35. The van der Waals surface area contributed by atoms with Crippen molar-refractivity contribution in [1.29, 1.82) is 0 Å². The van der Waals surface area contributed by atoms with Gasteiger partial charge in [0.25, 0.3) is 0 Å². The van der Waals surface area contributed by atoms with E-state index in [0.29, 0.717) is 30.9 Å². The van der Waals surface area contributed by atoms with E-state index < -0.39 is 16.0 Å². The Morgan fingerprint density at radius 2 is 2.15 bits per heavy atom. The first-order valence-electron chi connectivity index (χ1n) is 6.41. The molecule has 0 aliphatic heterocycles. The number of hydrogen-bond donors (Lipinski definition) is 1. The summed E-state index contributed by atoms with van der Waals surface area (Å²) >= 11 is 0. The van der Waals surface area contributed by atoms with Crippen LogP contribution < -0.4 is 9.46 Å². The van der Waals surface area contributed by atoms with Gasteiger partial charge in [-0.05, 0) is 31.9 Å². The van der Waals surface area contributed by atoms with Crippen LogP contribution in [0, 0.1) is 0 Å². The predicted octanol–water partition coefficient (Wildman–Crippen LogP) is 1.53. The highest BCUT2D eigenvalue weighted by molar-refractivity contribution is 7.93. The molecule has 0 spiro atoms. The number of nitrogens with one attached hydrogen (secondary N) is 1. The van der Waals surface area contributed by atoms with Crippen molar-refractivity contribution in [3.8, 4) is 5.75 Å². The third-order valence-electron chi connectivity index (χ3n) is 2.72. The van der Waals surface area contributed by atoms with Crippen LogP contribution in [0.1, 0.15) is 19.8 Å². The molecule has 0 saturated heterocycles. The zero-order valence-corrected chi connectivity index (χ0v) is 12.0. The average molecular weight is 299 g/mol. The summed E-state index contributed by atoms with van der Waals surface area (Å²) in [7, 11) is -3.29. The van der Waals surface area contributed by atoms with Crippen LogP contribution in [0.5, 0.6) is 5.75 Å². The van der Waals surface area contributed by atoms with E-state index >= 15 is 0 Å². The van der Waals surface area contributed by atoms with Gasteiger partial charge in [0.05, 0.1) is 17.5 Å². The van der Waals surface area contributed by atoms with E-state index in [-0.39, 0.29) is 11.9 Å². The number of esters is 1. The molecule has 1 aromatic rings. The summed E-state index contributed by atoms with van der Waals surface area (Å²) in [5.74, 6) is -0.0504. The maximum Gasteiger partial charge on any atom is 0.344 e. The first-order valence-corrected chi connectivity index (χ1v) is 7.96. The number of ether oxygens (including phenoxy) is 2. The summed E-state index contributed by atoms with van der Waals surface area (Å²) in [4.78, 5) is 11.2. The van der Waals surface area contributed by atoms with Crippen molar-refractivity contribution in [3.63, 3.8) is 0 Å². The SMILES string of the molecule is CCOC(=O)COc1cccc(NS(=O)(=O)C2CC2)c1. The molecule has 0 amide bonds. The Labute approximate surface area is 118 Å². The van der Waals surface area contributed by atoms with Crippen molar-refractivity contribution >= 4 is 21.7 Å². The molecule has 20 heavy (non-hydrogen) atoms. The largest absolute Gasteiger partial charge is 0.482 e. The molecule has 7 heteroatoms. The Kier molecular flexibility index (Phi) is 4.49. The van der Waals surface area contributed by atoms with Crippen molar-refractivity contribution in [3.05, 3.63) is 24.3 Å². The number of carbonyl (C=O) groups excluding carboxylic acids is 1. The average Bonchev–Trinajstić information content (AvgIpc) is 3.21. The van der Waals surface area contributed by atoms with E-state index in [2.05, 4.69) is 4.72 Å². The molecular formula is C13H17NO5S. The molecule has 6 nitrogen and oxygen atoms in total. The van der Waals surface area contributed by atoms with E-state index in [1.165, 1.54) is 0 Å². The Morgan fingerprint density at radius 1 is 1.40 bits per heavy atom. The van der Waals surface area contributed by atoms with E-state index in [4.69, 9.17) is 9.47 Å². The molecule has 0 radical (unpaired) electrons. The summed E-state index contributed by atoms with van der Waals surface area (Å²) in [5, 5.41) is -0.286. The Hall–Kier alpha value is -1.76. The van der Waals surface area contributed by atoms with Gasteiger partial charge in [-0.1, -0.05) is 6.07 Å². The van der Waals surface area contributed by atoms with Crippen LogP contribution in [0.3, 0.4) is 0 Å². The van der Waals surface area contributed by atoms with Crippen molar-refractivity contribution in [1.82, 2.24) is 0 Å². The van der Waals surface area contributed by atoms with Gasteiger partial charge < -0.3 is 9.47 Å².